The Labute approximate surface area is 206 Å². The maximum Gasteiger partial charge on any atom is 0.251 e. The number of benzene rings is 4. The maximum atomic E-state index is 13.7. The zero-order valence-electron chi connectivity index (χ0n) is 19.8. The molecule has 0 unspecified atom stereocenters. The van der Waals surface area contributed by atoms with Gasteiger partial charge >= 0.3 is 0 Å². The van der Waals surface area contributed by atoms with E-state index in [9.17, 15) is 9.59 Å². The van der Waals surface area contributed by atoms with E-state index in [1.807, 2.05) is 60.7 Å². The molecule has 1 aliphatic carbocycles. The molecule has 3 nitrogen and oxygen atoms in total. The monoisotopic (exact) mass is 459 g/mol. The molecule has 1 saturated carbocycles. The van der Waals surface area contributed by atoms with Gasteiger partial charge in [0.1, 0.15) is 0 Å². The van der Waals surface area contributed by atoms with Crippen molar-refractivity contribution in [3.8, 4) is 0 Å². The minimum absolute atomic E-state index is 0.0972. The Kier molecular flexibility index (Phi) is 6.58. The van der Waals surface area contributed by atoms with E-state index in [0.29, 0.717) is 17.7 Å². The van der Waals surface area contributed by atoms with Crippen LogP contribution < -0.4 is 5.32 Å². The number of rotatable bonds is 8. The maximum absolute atomic E-state index is 13.7. The predicted molar refractivity (Wildman–Crippen MR) is 140 cm³/mol. The molecule has 0 saturated heterocycles. The number of amides is 1. The van der Waals surface area contributed by atoms with Gasteiger partial charge in [-0.3, -0.25) is 9.59 Å². The molecular weight excluding hydrogens is 430 g/mol. The fraction of sp³-hybridized carbons (Fsp3) is 0.188. The molecule has 1 fully saturated rings. The van der Waals surface area contributed by atoms with Gasteiger partial charge in [0.05, 0.1) is 0 Å². The summed E-state index contributed by atoms with van der Waals surface area (Å²) in [6.45, 7) is 2.63. The third kappa shape index (κ3) is 4.95. The summed E-state index contributed by atoms with van der Waals surface area (Å²) < 4.78 is 0. The first kappa shape index (κ1) is 22.8. The minimum Gasteiger partial charge on any atom is -0.351 e. The van der Waals surface area contributed by atoms with Crippen molar-refractivity contribution in [1.29, 1.82) is 0 Å². The van der Waals surface area contributed by atoms with Crippen molar-refractivity contribution in [2.45, 2.75) is 24.7 Å². The number of Topliss-reactive ketones (excluding diaryl/α,β-unsaturated/α-hetero) is 1. The molecule has 4 aromatic carbocycles. The number of hydrogen-bond acceptors (Lipinski definition) is 2. The second-order valence-electron chi connectivity index (χ2n) is 9.37. The van der Waals surface area contributed by atoms with Gasteiger partial charge in [0.2, 0.25) is 0 Å². The lowest BCUT2D eigenvalue weighted by Crippen LogP contribution is -2.27. The van der Waals surface area contributed by atoms with E-state index in [4.69, 9.17) is 0 Å². The Balaban J connectivity index is 1.32. The zero-order chi connectivity index (χ0) is 24.2. The summed E-state index contributed by atoms with van der Waals surface area (Å²) in [5.41, 5.74) is 4.67. The van der Waals surface area contributed by atoms with Crippen molar-refractivity contribution in [1.82, 2.24) is 5.32 Å². The van der Waals surface area contributed by atoms with Crippen LogP contribution in [0.2, 0.25) is 0 Å². The van der Waals surface area contributed by atoms with E-state index < -0.39 is 0 Å². The molecule has 5 rings (SSSR count). The van der Waals surface area contributed by atoms with E-state index in [1.165, 1.54) is 16.7 Å². The third-order valence-corrected chi connectivity index (χ3v) is 7.04. The Morgan fingerprint density at radius 1 is 0.686 bits per heavy atom. The van der Waals surface area contributed by atoms with Gasteiger partial charge in [-0.1, -0.05) is 110 Å². The molecule has 0 aromatic heterocycles. The second-order valence-corrected chi connectivity index (χ2v) is 9.37. The van der Waals surface area contributed by atoms with E-state index in [-0.39, 0.29) is 35.4 Å². The minimum atomic E-state index is -0.155. The van der Waals surface area contributed by atoms with E-state index >= 15 is 0 Å². The van der Waals surface area contributed by atoms with Gasteiger partial charge in [0.15, 0.2) is 5.78 Å². The lowest BCUT2D eigenvalue weighted by atomic mass is 9.99. The molecule has 3 heteroatoms. The number of carbonyl (C=O) groups is 2. The molecule has 0 bridgehead atoms. The van der Waals surface area contributed by atoms with Crippen LogP contribution in [0.5, 0.6) is 0 Å². The molecule has 1 aliphatic rings. The Morgan fingerprint density at radius 2 is 1.20 bits per heavy atom. The van der Waals surface area contributed by atoms with Crippen LogP contribution in [0, 0.1) is 5.92 Å². The van der Waals surface area contributed by atoms with Crippen molar-refractivity contribution >= 4 is 11.7 Å². The lowest BCUT2D eigenvalue weighted by Gasteiger charge is -2.13. The molecule has 0 spiro atoms. The Bertz CT molecular complexity index is 1260. The predicted octanol–water partition coefficient (Wildman–Crippen LogP) is 6.60. The van der Waals surface area contributed by atoms with E-state index in [2.05, 4.69) is 48.6 Å². The van der Waals surface area contributed by atoms with Crippen LogP contribution >= 0.6 is 0 Å². The van der Waals surface area contributed by atoms with Crippen molar-refractivity contribution in [2.75, 3.05) is 6.54 Å². The number of nitrogens with one attached hydrogen (secondary N) is 1. The third-order valence-electron chi connectivity index (χ3n) is 7.04. The summed E-state index contributed by atoms with van der Waals surface area (Å²) in [7, 11) is 0. The summed E-state index contributed by atoms with van der Waals surface area (Å²) >= 11 is 0. The van der Waals surface area contributed by atoms with Crippen LogP contribution in [0.25, 0.3) is 0 Å². The summed E-state index contributed by atoms with van der Waals surface area (Å²) in [6, 6.07) is 37.8. The van der Waals surface area contributed by atoms with Crippen LogP contribution in [0.1, 0.15) is 62.1 Å². The van der Waals surface area contributed by atoms with Gasteiger partial charge in [-0.25, -0.2) is 0 Å². The molecule has 1 amide bonds. The summed E-state index contributed by atoms with van der Waals surface area (Å²) in [5.74, 6) is 0.314. The molecule has 4 aromatic rings. The molecule has 35 heavy (non-hydrogen) atoms. The van der Waals surface area contributed by atoms with Crippen LogP contribution in [0.15, 0.2) is 115 Å². The molecule has 0 aliphatic heterocycles. The van der Waals surface area contributed by atoms with Gasteiger partial charge in [0, 0.05) is 35.4 Å². The summed E-state index contributed by atoms with van der Waals surface area (Å²) in [6.07, 6.45) is 0. The van der Waals surface area contributed by atoms with E-state index in [1.54, 1.807) is 18.2 Å². The topological polar surface area (TPSA) is 46.2 Å². The number of ketones is 1. The SMILES string of the molecule is C[C@@H](CNC(=O)c1cccc(C(=O)C2[C@H](c3ccccc3)[C@H]2c2ccccc2)c1)c1ccccc1. The first-order chi connectivity index (χ1) is 17.1. The Hall–Kier alpha value is -3.98. The van der Waals surface area contributed by atoms with Gasteiger partial charge in [0.25, 0.3) is 5.91 Å². The fourth-order valence-electron chi connectivity index (χ4n) is 5.07. The van der Waals surface area contributed by atoms with Crippen molar-refractivity contribution in [3.63, 3.8) is 0 Å². The first-order valence-electron chi connectivity index (χ1n) is 12.2. The van der Waals surface area contributed by atoms with Gasteiger partial charge in [-0.05, 0) is 34.7 Å². The van der Waals surface area contributed by atoms with Crippen LogP contribution in [0.4, 0.5) is 0 Å². The molecule has 0 heterocycles. The van der Waals surface area contributed by atoms with Crippen LogP contribution in [-0.4, -0.2) is 18.2 Å². The van der Waals surface area contributed by atoms with Gasteiger partial charge in [-0.2, -0.15) is 0 Å². The van der Waals surface area contributed by atoms with Crippen LogP contribution in [-0.2, 0) is 0 Å². The average molecular weight is 460 g/mol. The van der Waals surface area contributed by atoms with Crippen molar-refractivity contribution in [3.05, 3.63) is 143 Å². The molecule has 3 atom stereocenters. The smallest absolute Gasteiger partial charge is 0.251 e. The highest BCUT2D eigenvalue weighted by molar-refractivity contribution is 6.04. The normalized spacial score (nSPS) is 19.5. The van der Waals surface area contributed by atoms with Gasteiger partial charge < -0.3 is 5.32 Å². The average Bonchev–Trinajstić information content (AvgIpc) is 3.68. The zero-order valence-corrected chi connectivity index (χ0v) is 19.8. The number of hydrogen-bond donors (Lipinski definition) is 1. The number of carbonyl (C=O) groups excluding carboxylic acids is 2. The molecular formula is C32H29NO2. The van der Waals surface area contributed by atoms with Gasteiger partial charge in [-0.15, -0.1) is 0 Å². The van der Waals surface area contributed by atoms with E-state index in [0.717, 1.165) is 0 Å². The first-order valence-corrected chi connectivity index (χ1v) is 12.2. The quantitative estimate of drug-likeness (QED) is 0.302. The standard InChI is InChI=1S/C32H29NO2/c1-22(23-12-5-2-6-13-23)21-33-32(35)27-19-11-18-26(20-27)31(34)30-28(24-14-7-3-8-15-24)29(30)25-16-9-4-10-17-25/h2-20,22,28-30H,21H2,1H3,(H,33,35)/t22-,28+,29+/m0/s1. The highest BCUT2D eigenvalue weighted by Crippen LogP contribution is 2.61. The highest BCUT2D eigenvalue weighted by Gasteiger charge is 2.55. The largest absolute Gasteiger partial charge is 0.351 e. The van der Waals surface area contributed by atoms with Crippen LogP contribution in [0.3, 0.4) is 0 Å². The fourth-order valence-corrected chi connectivity index (χ4v) is 5.07. The summed E-state index contributed by atoms with van der Waals surface area (Å²) in [4.78, 5) is 26.6. The summed E-state index contributed by atoms with van der Waals surface area (Å²) in [5, 5.41) is 3.03. The second kappa shape index (κ2) is 10.1. The lowest BCUT2D eigenvalue weighted by molar-refractivity contribution is 0.0951. The molecule has 0 radical (unpaired) electrons. The van der Waals surface area contributed by atoms with Crippen molar-refractivity contribution in [2.24, 2.45) is 5.92 Å². The molecule has 1 N–H and O–H groups in total. The highest BCUT2D eigenvalue weighted by atomic mass is 16.1. The Morgan fingerprint density at radius 3 is 1.77 bits per heavy atom. The van der Waals surface area contributed by atoms with Crippen molar-refractivity contribution < 1.29 is 9.59 Å². The molecule has 174 valence electrons.